The molecule has 1 aliphatic rings. The Hall–Kier alpha value is -2.27. The van der Waals surface area contributed by atoms with E-state index in [0.29, 0.717) is 6.42 Å². The van der Waals surface area contributed by atoms with Gasteiger partial charge in [0.15, 0.2) is 0 Å². The van der Waals surface area contributed by atoms with Gasteiger partial charge in [-0.3, -0.25) is 4.90 Å². The fraction of sp³-hybridized carbons (Fsp3) is 0.231. The van der Waals surface area contributed by atoms with Gasteiger partial charge in [-0.05, 0) is 64.9 Å². The average molecular weight is 466 g/mol. The molecule has 0 aliphatic carbocycles. The normalized spacial score (nSPS) is 15.6. The number of benzene rings is 3. The quantitative estimate of drug-likeness (QED) is 0.450. The standard InChI is InChI=1S/C26H25BrFNO/c27-24-9-5-20(6-10-24)19-1-3-23(4-2-19)26(30)15-18-29-16-13-22(14-17-29)21-7-11-25(28)12-8-21/h1-13,26,30H,14-18H2. The predicted molar refractivity (Wildman–Crippen MR) is 125 cm³/mol. The smallest absolute Gasteiger partial charge is 0.123 e. The lowest BCUT2D eigenvalue weighted by Crippen LogP contribution is -2.30. The summed E-state index contributed by atoms with van der Waals surface area (Å²) in [5.74, 6) is -0.198. The Labute approximate surface area is 185 Å². The molecule has 0 amide bonds. The van der Waals surface area contributed by atoms with Gasteiger partial charge in [0.05, 0.1) is 6.10 Å². The maximum Gasteiger partial charge on any atom is 0.123 e. The van der Waals surface area contributed by atoms with E-state index in [0.717, 1.165) is 52.8 Å². The second-order valence-electron chi connectivity index (χ2n) is 7.72. The zero-order valence-corrected chi connectivity index (χ0v) is 18.4. The highest BCUT2D eigenvalue weighted by Gasteiger charge is 2.15. The maximum atomic E-state index is 13.1. The highest BCUT2D eigenvalue weighted by Crippen LogP contribution is 2.26. The van der Waals surface area contributed by atoms with Crippen LogP contribution < -0.4 is 0 Å². The molecule has 4 heteroatoms. The number of halogens is 2. The fourth-order valence-electron chi connectivity index (χ4n) is 3.85. The van der Waals surface area contributed by atoms with Gasteiger partial charge in [-0.1, -0.05) is 70.5 Å². The lowest BCUT2D eigenvalue weighted by molar-refractivity contribution is 0.145. The molecule has 0 spiro atoms. The Morgan fingerprint density at radius 1 is 0.867 bits per heavy atom. The largest absolute Gasteiger partial charge is 0.388 e. The Morgan fingerprint density at radius 3 is 2.07 bits per heavy atom. The van der Waals surface area contributed by atoms with Gasteiger partial charge < -0.3 is 5.11 Å². The van der Waals surface area contributed by atoms with Crippen molar-refractivity contribution >= 4 is 21.5 Å². The van der Waals surface area contributed by atoms with Crippen molar-refractivity contribution in [1.82, 2.24) is 4.90 Å². The molecule has 1 heterocycles. The van der Waals surface area contributed by atoms with Crippen LogP contribution in [-0.2, 0) is 0 Å². The number of hydrogen-bond donors (Lipinski definition) is 1. The first-order chi connectivity index (χ1) is 14.6. The van der Waals surface area contributed by atoms with E-state index >= 15 is 0 Å². The molecule has 1 atom stereocenters. The molecule has 1 aliphatic heterocycles. The molecule has 0 aromatic heterocycles. The lowest BCUT2D eigenvalue weighted by Gasteiger charge is -2.27. The predicted octanol–water partition coefficient (Wildman–Crippen LogP) is 6.47. The molecule has 0 bridgehead atoms. The molecule has 1 N–H and O–H groups in total. The molecule has 30 heavy (non-hydrogen) atoms. The Morgan fingerprint density at radius 2 is 1.47 bits per heavy atom. The van der Waals surface area contributed by atoms with Gasteiger partial charge in [0.25, 0.3) is 0 Å². The number of aliphatic hydroxyl groups excluding tert-OH is 1. The molecule has 3 aromatic carbocycles. The molecule has 1 unspecified atom stereocenters. The van der Waals surface area contributed by atoms with E-state index in [1.54, 1.807) is 0 Å². The van der Waals surface area contributed by atoms with E-state index in [-0.39, 0.29) is 5.82 Å². The summed E-state index contributed by atoms with van der Waals surface area (Å²) in [4.78, 5) is 2.35. The van der Waals surface area contributed by atoms with E-state index in [4.69, 9.17) is 0 Å². The minimum atomic E-state index is -0.466. The summed E-state index contributed by atoms with van der Waals surface area (Å²) in [5.41, 5.74) is 5.64. The number of hydrogen-bond acceptors (Lipinski definition) is 2. The second-order valence-corrected chi connectivity index (χ2v) is 8.64. The Bertz CT molecular complexity index is 997. The van der Waals surface area contributed by atoms with Crippen LogP contribution in [0.4, 0.5) is 4.39 Å². The van der Waals surface area contributed by atoms with Gasteiger partial charge in [-0.2, -0.15) is 0 Å². The van der Waals surface area contributed by atoms with Crippen molar-refractivity contribution in [3.8, 4) is 11.1 Å². The highest BCUT2D eigenvalue weighted by molar-refractivity contribution is 9.10. The van der Waals surface area contributed by atoms with Crippen molar-refractivity contribution in [3.05, 3.63) is 100 Å². The van der Waals surface area contributed by atoms with Crippen molar-refractivity contribution in [2.75, 3.05) is 19.6 Å². The topological polar surface area (TPSA) is 23.5 Å². The van der Waals surface area contributed by atoms with Crippen molar-refractivity contribution in [3.63, 3.8) is 0 Å². The van der Waals surface area contributed by atoms with Crippen LogP contribution in [0.3, 0.4) is 0 Å². The summed E-state index contributed by atoms with van der Waals surface area (Å²) in [6.45, 7) is 2.67. The molecule has 0 saturated heterocycles. The third kappa shape index (κ3) is 5.25. The number of rotatable bonds is 6. The molecule has 2 nitrogen and oxygen atoms in total. The van der Waals surface area contributed by atoms with Gasteiger partial charge in [0.1, 0.15) is 5.82 Å². The summed E-state index contributed by atoms with van der Waals surface area (Å²) < 4.78 is 14.2. The van der Waals surface area contributed by atoms with Crippen molar-refractivity contribution < 1.29 is 9.50 Å². The third-order valence-electron chi connectivity index (χ3n) is 5.70. The van der Waals surface area contributed by atoms with Crippen molar-refractivity contribution in [2.24, 2.45) is 0 Å². The Kier molecular flexibility index (Phi) is 6.78. The minimum absolute atomic E-state index is 0.198. The summed E-state index contributed by atoms with van der Waals surface area (Å²) in [5, 5.41) is 10.6. The van der Waals surface area contributed by atoms with Crippen molar-refractivity contribution in [1.29, 1.82) is 0 Å². The first-order valence-corrected chi connectivity index (χ1v) is 11.1. The van der Waals surface area contributed by atoms with E-state index in [1.165, 1.54) is 17.7 Å². The first-order valence-electron chi connectivity index (χ1n) is 10.3. The fourth-order valence-corrected chi connectivity index (χ4v) is 4.12. The summed E-state index contributed by atoms with van der Waals surface area (Å²) >= 11 is 3.46. The van der Waals surface area contributed by atoms with E-state index < -0.39 is 6.10 Å². The van der Waals surface area contributed by atoms with Gasteiger partial charge in [0, 0.05) is 24.1 Å². The average Bonchev–Trinajstić information content (AvgIpc) is 2.79. The third-order valence-corrected chi connectivity index (χ3v) is 6.23. The van der Waals surface area contributed by atoms with E-state index in [9.17, 15) is 9.50 Å². The molecule has 0 saturated carbocycles. The molecule has 4 rings (SSSR count). The van der Waals surface area contributed by atoms with Crippen LogP contribution in [-0.4, -0.2) is 29.6 Å². The van der Waals surface area contributed by atoms with E-state index in [2.05, 4.69) is 51.2 Å². The van der Waals surface area contributed by atoms with Crippen molar-refractivity contribution in [2.45, 2.75) is 18.9 Å². The second kappa shape index (κ2) is 9.69. The van der Waals surface area contributed by atoms with Gasteiger partial charge in [-0.15, -0.1) is 0 Å². The van der Waals surface area contributed by atoms with Crippen LogP contribution in [0.2, 0.25) is 0 Å². The van der Waals surface area contributed by atoms with Crippen LogP contribution >= 0.6 is 15.9 Å². The minimum Gasteiger partial charge on any atom is -0.388 e. The molecular weight excluding hydrogens is 441 g/mol. The SMILES string of the molecule is OC(CCN1CC=C(c2ccc(F)cc2)CC1)c1ccc(-c2ccc(Br)cc2)cc1. The molecule has 0 radical (unpaired) electrons. The molecule has 154 valence electrons. The monoisotopic (exact) mass is 465 g/mol. The number of aliphatic hydroxyl groups is 1. The van der Waals surface area contributed by atoms with Crippen LogP contribution in [0.5, 0.6) is 0 Å². The van der Waals surface area contributed by atoms with Crippen LogP contribution in [0.1, 0.15) is 30.1 Å². The number of nitrogens with zero attached hydrogens (tertiary/aromatic N) is 1. The van der Waals surface area contributed by atoms with Crippen LogP contribution in [0.25, 0.3) is 16.7 Å². The molecular formula is C26H25BrFNO. The maximum absolute atomic E-state index is 13.1. The zero-order valence-electron chi connectivity index (χ0n) is 16.8. The molecule has 3 aromatic rings. The molecule has 0 fully saturated rings. The van der Waals surface area contributed by atoms with E-state index in [1.807, 2.05) is 36.4 Å². The highest BCUT2D eigenvalue weighted by atomic mass is 79.9. The Balaban J connectivity index is 1.30. The van der Waals surface area contributed by atoms with Crippen LogP contribution in [0.15, 0.2) is 83.3 Å². The zero-order chi connectivity index (χ0) is 20.9. The van der Waals surface area contributed by atoms with Gasteiger partial charge >= 0.3 is 0 Å². The van der Waals surface area contributed by atoms with Gasteiger partial charge in [-0.25, -0.2) is 4.39 Å². The van der Waals surface area contributed by atoms with Gasteiger partial charge in [0.2, 0.25) is 0 Å². The summed E-state index contributed by atoms with van der Waals surface area (Å²) in [7, 11) is 0. The first kappa shape index (κ1) is 21.0. The lowest BCUT2D eigenvalue weighted by atomic mass is 9.98. The summed E-state index contributed by atoms with van der Waals surface area (Å²) in [6, 6.07) is 23.1. The summed E-state index contributed by atoms with van der Waals surface area (Å²) in [6.07, 6.45) is 3.41. The van der Waals surface area contributed by atoms with Crippen LogP contribution in [0, 0.1) is 5.82 Å².